The van der Waals surface area contributed by atoms with Gasteiger partial charge in [0.25, 0.3) is 0 Å². The molecule has 2 aromatic carbocycles. The fourth-order valence-electron chi connectivity index (χ4n) is 3.04. The second kappa shape index (κ2) is 7.74. The van der Waals surface area contributed by atoms with Crippen LogP contribution in [0.5, 0.6) is 0 Å². The molecular formula is C22H18ClN3O2. The number of hydrogen-bond donors (Lipinski definition) is 1. The molecule has 4 rings (SSSR count). The highest BCUT2D eigenvalue weighted by atomic mass is 35.5. The number of carbonyl (C=O) groups is 1. The molecule has 0 atom stereocenters. The molecule has 4 aromatic rings. The summed E-state index contributed by atoms with van der Waals surface area (Å²) in [6.07, 6.45) is 1.97. The van der Waals surface area contributed by atoms with E-state index in [0.29, 0.717) is 17.1 Å². The average Bonchev–Trinajstić information content (AvgIpc) is 3.11. The Morgan fingerprint density at radius 2 is 1.82 bits per heavy atom. The Labute approximate surface area is 167 Å². The van der Waals surface area contributed by atoms with Gasteiger partial charge < -0.3 is 10.1 Å². The molecule has 0 saturated carbocycles. The number of ether oxygens (including phenoxy) is 1. The van der Waals surface area contributed by atoms with Gasteiger partial charge in [0.15, 0.2) is 0 Å². The number of anilines is 1. The molecule has 0 amide bonds. The molecule has 0 aliphatic heterocycles. The van der Waals surface area contributed by atoms with E-state index in [1.807, 2.05) is 65.2 Å². The highest BCUT2D eigenvalue weighted by Crippen LogP contribution is 2.29. The first-order valence-corrected chi connectivity index (χ1v) is 9.17. The molecule has 0 spiro atoms. The summed E-state index contributed by atoms with van der Waals surface area (Å²) in [6.45, 7) is 0.632. The van der Waals surface area contributed by atoms with Crippen LogP contribution in [0.1, 0.15) is 15.9 Å². The van der Waals surface area contributed by atoms with Gasteiger partial charge in [0, 0.05) is 23.3 Å². The number of halogens is 1. The second-order valence-electron chi connectivity index (χ2n) is 6.29. The maximum absolute atomic E-state index is 11.7. The lowest BCUT2D eigenvalue weighted by Crippen LogP contribution is -2.03. The number of methoxy groups -OCH3 is 1. The van der Waals surface area contributed by atoms with Crippen LogP contribution in [0, 0.1) is 0 Å². The molecule has 1 N–H and O–H groups in total. The minimum Gasteiger partial charge on any atom is -0.465 e. The average molecular weight is 392 g/mol. The van der Waals surface area contributed by atoms with Gasteiger partial charge >= 0.3 is 5.97 Å². The summed E-state index contributed by atoms with van der Waals surface area (Å²) in [5, 5.41) is 4.20. The molecule has 6 heteroatoms. The quantitative estimate of drug-likeness (QED) is 0.483. The number of esters is 1. The fraction of sp³-hybridized carbons (Fsp3) is 0.0909. The third-order valence-electron chi connectivity index (χ3n) is 4.48. The summed E-state index contributed by atoms with van der Waals surface area (Å²) < 4.78 is 6.78. The Kier molecular flexibility index (Phi) is 5.00. The predicted molar refractivity (Wildman–Crippen MR) is 111 cm³/mol. The van der Waals surface area contributed by atoms with Gasteiger partial charge in [-0.05, 0) is 42.0 Å². The minimum absolute atomic E-state index is 0.359. The minimum atomic E-state index is -0.359. The Bertz CT molecular complexity index is 1120. The highest BCUT2D eigenvalue weighted by Gasteiger charge is 2.14. The number of fused-ring (bicyclic) bond motifs is 1. The first-order valence-electron chi connectivity index (χ1n) is 8.80. The van der Waals surface area contributed by atoms with Crippen LogP contribution in [0.3, 0.4) is 0 Å². The van der Waals surface area contributed by atoms with E-state index in [-0.39, 0.29) is 5.97 Å². The molecule has 0 aliphatic rings. The smallest absolute Gasteiger partial charge is 0.337 e. The molecule has 140 valence electrons. The Morgan fingerprint density at radius 3 is 2.54 bits per heavy atom. The van der Waals surface area contributed by atoms with Crippen LogP contribution in [0.15, 0.2) is 72.9 Å². The monoisotopic (exact) mass is 391 g/mol. The number of pyridine rings is 1. The van der Waals surface area contributed by atoms with Crippen LogP contribution < -0.4 is 5.32 Å². The third kappa shape index (κ3) is 3.57. The van der Waals surface area contributed by atoms with Gasteiger partial charge in [-0.2, -0.15) is 0 Å². The standard InChI is InChI=1S/C22H18ClN3O2/c1-28-22(27)17-9-7-16(8-10-17)20-21(26-13-3-2-4-19(26)25-20)24-14-15-5-11-18(23)12-6-15/h2-13,24H,14H2,1H3. The van der Waals surface area contributed by atoms with Crippen LogP contribution >= 0.6 is 11.6 Å². The van der Waals surface area contributed by atoms with E-state index < -0.39 is 0 Å². The number of imidazole rings is 1. The first-order chi connectivity index (χ1) is 13.7. The summed E-state index contributed by atoms with van der Waals surface area (Å²) in [5.41, 5.74) is 4.19. The van der Waals surface area contributed by atoms with E-state index >= 15 is 0 Å². The summed E-state index contributed by atoms with van der Waals surface area (Å²) in [5.74, 6) is 0.527. The summed E-state index contributed by atoms with van der Waals surface area (Å²) in [7, 11) is 1.37. The molecule has 5 nitrogen and oxygen atoms in total. The van der Waals surface area contributed by atoms with Gasteiger partial charge in [-0.1, -0.05) is 41.9 Å². The van der Waals surface area contributed by atoms with Crippen LogP contribution in [-0.4, -0.2) is 22.5 Å². The molecule has 0 fully saturated rings. The van der Waals surface area contributed by atoms with Crippen molar-refractivity contribution in [1.82, 2.24) is 9.38 Å². The summed E-state index contributed by atoms with van der Waals surface area (Å²) >= 11 is 5.97. The van der Waals surface area contributed by atoms with Crippen molar-refractivity contribution in [2.45, 2.75) is 6.54 Å². The predicted octanol–water partition coefficient (Wildman–Crippen LogP) is 5.05. The third-order valence-corrected chi connectivity index (χ3v) is 4.73. The summed E-state index contributed by atoms with van der Waals surface area (Å²) in [4.78, 5) is 16.5. The van der Waals surface area contributed by atoms with Crippen LogP contribution in [-0.2, 0) is 11.3 Å². The lowest BCUT2D eigenvalue weighted by atomic mass is 10.1. The zero-order chi connectivity index (χ0) is 19.5. The molecule has 2 aromatic heterocycles. The molecule has 0 saturated heterocycles. The number of hydrogen-bond acceptors (Lipinski definition) is 4. The van der Waals surface area contributed by atoms with Crippen LogP contribution in [0.4, 0.5) is 5.82 Å². The molecular weight excluding hydrogens is 374 g/mol. The van der Waals surface area contributed by atoms with E-state index in [1.165, 1.54) is 7.11 Å². The lowest BCUT2D eigenvalue weighted by molar-refractivity contribution is 0.0601. The molecule has 0 unspecified atom stereocenters. The molecule has 28 heavy (non-hydrogen) atoms. The number of benzene rings is 2. The Balaban J connectivity index is 1.70. The van der Waals surface area contributed by atoms with Gasteiger partial charge in [-0.3, -0.25) is 4.40 Å². The van der Waals surface area contributed by atoms with Crippen molar-refractivity contribution in [3.63, 3.8) is 0 Å². The van der Waals surface area contributed by atoms with Crippen LogP contribution in [0.25, 0.3) is 16.9 Å². The van der Waals surface area contributed by atoms with Crippen molar-refractivity contribution < 1.29 is 9.53 Å². The lowest BCUT2D eigenvalue weighted by Gasteiger charge is -2.09. The Hall–Kier alpha value is -3.31. The van der Waals surface area contributed by atoms with Crippen molar-refractivity contribution in [3.8, 4) is 11.3 Å². The number of nitrogens with zero attached hydrogens (tertiary/aromatic N) is 2. The van der Waals surface area contributed by atoms with E-state index in [4.69, 9.17) is 21.3 Å². The normalized spacial score (nSPS) is 10.8. The second-order valence-corrected chi connectivity index (χ2v) is 6.72. The van der Waals surface area contributed by atoms with Gasteiger partial charge in [0.1, 0.15) is 17.2 Å². The van der Waals surface area contributed by atoms with Gasteiger partial charge in [-0.25, -0.2) is 9.78 Å². The van der Waals surface area contributed by atoms with Crippen LogP contribution in [0.2, 0.25) is 5.02 Å². The van der Waals surface area contributed by atoms with Crippen molar-refractivity contribution in [2.75, 3.05) is 12.4 Å². The fourth-order valence-corrected chi connectivity index (χ4v) is 3.16. The van der Waals surface area contributed by atoms with Crippen molar-refractivity contribution in [3.05, 3.63) is 89.1 Å². The largest absolute Gasteiger partial charge is 0.465 e. The summed E-state index contributed by atoms with van der Waals surface area (Å²) in [6, 6.07) is 20.8. The zero-order valence-corrected chi connectivity index (χ0v) is 16.0. The topological polar surface area (TPSA) is 55.6 Å². The number of carbonyl (C=O) groups excluding carboxylic acids is 1. The van der Waals surface area contributed by atoms with Gasteiger partial charge in [-0.15, -0.1) is 0 Å². The van der Waals surface area contributed by atoms with E-state index in [1.54, 1.807) is 12.1 Å². The van der Waals surface area contributed by atoms with E-state index in [9.17, 15) is 4.79 Å². The van der Waals surface area contributed by atoms with Crippen molar-refractivity contribution in [1.29, 1.82) is 0 Å². The number of nitrogens with one attached hydrogen (secondary N) is 1. The first kappa shape index (κ1) is 18.1. The molecule has 0 bridgehead atoms. The van der Waals surface area contributed by atoms with E-state index in [2.05, 4.69) is 5.32 Å². The SMILES string of the molecule is COC(=O)c1ccc(-c2nc3ccccn3c2NCc2ccc(Cl)cc2)cc1. The van der Waals surface area contributed by atoms with Crippen molar-refractivity contribution in [2.24, 2.45) is 0 Å². The van der Waals surface area contributed by atoms with Gasteiger partial charge in [0.05, 0.1) is 12.7 Å². The van der Waals surface area contributed by atoms with Crippen molar-refractivity contribution >= 4 is 29.0 Å². The maximum atomic E-state index is 11.7. The number of aromatic nitrogens is 2. The zero-order valence-electron chi connectivity index (χ0n) is 15.2. The Morgan fingerprint density at radius 1 is 1.07 bits per heavy atom. The molecule has 0 aliphatic carbocycles. The molecule has 2 heterocycles. The van der Waals surface area contributed by atoms with Gasteiger partial charge in [0.2, 0.25) is 0 Å². The van der Waals surface area contributed by atoms with E-state index in [0.717, 1.165) is 28.3 Å². The highest BCUT2D eigenvalue weighted by molar-refractivity contribution is 6.30. The maximum Gasteiger partial charge on any atom is 0.337 e. The molecule has 0 radical (unpaired) electrons. The number of rotatable bonds is 5.